The maximum absolute atomic E-state index is 12.4. The van der Waals surface area contributed by atoms with Gasteiger partial charge in [0.05, 0.1) is 42.7 Å². The number of amides is 1. The summed E-state index contributed by atoms with van der Waals surface area (Å²) in [6, 6.07) is 0. The summed E-state index contributed by atoms with van der Waals surface area (Å²) in [6.07, 6.45) is 4.43. The molecule has 1 aliphatic heterocycles. The van der Waals surface area contributed by atoms with E-state index < -0.39 is 5.56 Å². The maximum atomic E-state index is 12.4. The predicted molar refractivity (Wildman–Crippen MR) is 111 cm³/mol. The Balaban J connectivity index is 1.35. The number of halogens is 2. The van der Waals surface area contributed by atoms with Crippen LogP contribution in [0.15, 0.2) is 23.4 Å². The molecule has 1 aliphatic rings. The average molecular weight is 457 g/mol. The number of hydrogen-bond donors (Lipinski definition) is 1. The monoisotopic (exact) mass is 456 g/mol. The fourth-order valence-electron chi connectivity index (χ4n) is 2.85. The summed E-state index contributed by atoms with van der Waals surface area (Å²) in [6.45, 7) is 4.76. The number of anilines is 1. The van der Waals surface area contributed by atoms with Gasteiger partial charge in [0, 0.05) is 26.2 Å². The molecule has 10 nitrogen and oxygen atoms in total. The minimum Gasteiger partial charge on any atom is -0.487 e. The molecule has 12 heteroatoms. The van der Waals surface area contributed by atoms with Gasteiger partial charge in [-0.3, -0.25) is 9.59 Å². The number of nitrogens with zero attached hydrogens (tertiary/aromatic N) is 5. The first-order valence-electron chi connectivity index (χ1n) is 9.42. The summed E-state index contributed by atoms with van der Waals surface area (Å²) in [5, 5.41) is 6.28. The Labute approximate surface area is 183 Å². The van der Waals surface area contributed by atoms with E-state index in [0.717, 1.165) is 0 Å². The molecule has 1 N–H and O–H groups in total. The highest BCUT2D eigenvalue weighted by Crippen LogP contribution is 2.18. The predicted octanol–water partition coefficient (Wildman–Crippen LogP) is 1.39. The summed E-state index contributed by atoms with van der Waals surface area (Å²) in [4.78, 5) is 36.0. The van der Waals surface area contributed by atoms with Crippen molar-refractivity contribution in [3.8, 4) is 5.75 Å². The van der Waals surface area contributed by atoms with Gasteiger partial charge in [-0.1, -0.05) is 23.2 Å². The quantitative estimate of drug-likeness (QED) is 0.633. The molecule has 0 aliphatic carbocycles. The van der Waals surface area contributed by atoms with Gasteiger partial charge >= 0.3 is 0 Å². The Morgan fingerprint density at radius 2 is 1.90 bits per heavy atom. The summed E-state index contributed by atoms with van der Waals surface area (Å²) in [7, 11) is 0. The molecular weight excluding hydrogens is 435 g/mol. The van der Waals surface area contributed by atoms with E-state index in [-0.39, 0.29) is 42.4 Å². The van der Waals surface area contributed by atoms with Gasteiger partial charge in [0.15, 0.2) is 10.8 Å². The van der Waals surface area contributed by atoms with Crippen LogP contribution in [0.25, 0.3) is 0 Å². The van der Waals surface area contributed by atoms with Crippen molar-refractivity contribution in [2.45, 2.75) is 19.4 Å². The van der Waals surface area contributed by atoms with Crippen LogP contribution < -0.4 is 15.2 Å². The molecule has 0 radical (unpaired) electrons. The molecule has 3 heterocycles. The number of piperazine rings is 1. The fourth-order valence-corrected chi connectivity index (χ4v) is 3.10. The number of ether oxygens (including phenoxy) is 2. The van der Waals surface area contributed by atoms with Crippen molar-refractivity contribution in [1.82, 2.24) is 25.1 Å². The number of rotatable bonds is 8. The summed E-state index contributed by atoms with van der Waals surface area (Å²) in [5.74, 6) is 0.829. The Hall–Kier alpha value is -2.43. The maximum Gasteiger partial charge on any atom is 0.286 e. The minimum absolute atomic E-state index is 0.0293. The number of aromatic amines is 1. The van der Waals surface area contributed by atoms with E-state index in [1.807, 2.05) is 11.8 Å². The second kappa shape index (κ2) is 10.6. The molecule has 30 heavy (non-hydrogen) atoms. The average Bonchev–Trinajstić information content (AvgIpc) is 2.75. The lowest BCUT2D eigenvalue weighted by Gasteiger charge is -2.34. The van der Waals surface area contributed by atoms with Gasteiger partial charge in [0.2, 0.25) is 11.9 Å². The zero-order valence-corrected chi connectivity index (χ0v) is 17.9. The Morgan fingerprint density at radius 3 is 2.60 bits per heavy atom. The summed E-state index contributed by atoms with van der Waals surface area (Å²) in [5.41, 5.74) is -0.518. The Morgan fingerprint density at radius 1 is 1.20 bits per heavy atom. The standard InChI is InChI=1S/C18H22Cl2N6O4/c1-12(11-30-14-10-23-24-17(28)16(14)20)29-7-2-15(27)25-3-5-26(6-4-25)18-21-8-13(19)9-22-18/h8-10,12H,2-7,11H2,1H3,(H,24,28). The smallest absolute Gasteiger partial charge is 0.286 e. The van der Waals surface area contributed by atoms with Crippen LogP contribution in [0.5, 0.6) is 5.75 Å². The van der Waals surface area contributed by atoms with Gasteiger partial charge in [-0.15, -0.1) is 0 Å². The van der Waals surface area contributed by atoms with E-state index in [1.54, 1.807) is 17.3 Å². The molecule has 0 aromatic carbocycles. The third-order valence-corrected chi connectivity index (χ3v) is 5.03. The van der Waals surface area contributed by atoms with Crippen LogP contribution in [0.3, 0.4) is 0 Å². The normalized spacial score (nSPS) is 15.2. The van der Waals surface area contributed by atoms with Crippen molar-refractivity contribution in [3.05, 3.63) is 39.0 Å². The molecule has 0 saturated carbocycles. The third-order valence-electron chi connectivity index (χ3n) is 4.48. The van der Waals surface area contributed by atoms with Crippen LogP contribution in [-0.2, 0) is 9.53 Å². The first-order chi connectivity index (χ1) is 14.4. The molecule has 2 aromatic heterocycles. The van der Waals surface area contributed by atoms with E-state index >= 15 is 0 Å². The van der Waals surface area contributed by atoms with Crippen LogP contribution >= 0.6 is 23.2 Å². The van der Waals surface area contributed by atoms with Crippen LogP contribution in [0.4, 0.5) is 5.95 Å². The second-order valence-electron chi connectivity index (χ2n) is 6.69. The molecule has 1 atom stereocenters. The first-order valence-corrected chi connectivity index (χ1v) is 10.2. The number of carbonyl (C=O) groups excluding carboxylic acids is 1. The number of nitrogens with one attached hydrogen (secondary N) is 1. The van der Waals surface area contributed by atoms with Gasteiger partial charge < -0.3 is 19.3 Å². The zero-order chi connectivity index (χ0) is 21.5. The molecule has 2 aromatic rings. The fraction of sp³-hybridized carbons (Fsp3) is 0.500. The van der Waals surface area contributed by atoms with Crippen molar-refractivity contribution >= 4 is 35.1 Å². The molecule has 1 saturated heterocycles. The van der Waals surface area contributed by atoms with Crippen LogP contribution in [0, 0.1) is 0 Å². The highest BCUT2D eigenvalue weighted by Gasteiger charge is 2.22. The number of H-pyrrole nitrogens is 1. The summed E-state index contributed by atoms with van der Waals surface area (Å²) < 4.78 is 11.1. The molecular formula is C18H22Cl2N6O4. The molecule has 0 spiro atoms. The van der Waals surface area contributed by atoms with E-state index in [2.05, 4.69) is 20.2 Å². The third kappa shape index (κ3) is 6.04. The molecule has 1 unspecified atom stereocenters. The SMILES string of the molecule is CC(COc1cn[nH]c(=O)c1Cl)OCCC(=O)N1CCN(c2ncc(Cl)cn2)CC1. The lowest BCUT2D eigenvalue weighted by Crippen LogP contribution is -2.49. The van der Waals surface area contributed by atoms with E-state index in [1.165, 1.54) is 6.20 Å². The van der Waals surface area contributed by atoms with Crippen LogP contribution in [-0.4, -0.2) is 76.5 Å². The number of carbonyl (C=O) groups is 1. The van der Waals surface area contributed by atoms with Crippen molar-refractivity contribution in [1.29, 1.82) is 0 Å². The first kappa shape index (κ1) is 22.3. The molecule has 1 amide bonds. The van der Waals surface area contributed by atoms with Gasteiger partial charge in [0.25, 0.3) is 5.56 Å². The lowest BCUT2D eigenvalue weighted by molar-refractivity contribution is -0.133. The zero-order valence-electron chi connectivity index (χ0n) is 16.4. The van der Waals surface area contributed by atoms with Gasteiger partial charge in [-0.05, 0) is 6.92 Å². The van der Waals surface area contributed by atoms with Crippen molar-refractivity contribution in [2.24, 2.45) is 0 Å². The minimum atomic E-state index is -0.518. The topological polar surface area (TPSA) is 114 Å². The van der Waals surface area contributed by atoms with Crippen molar-refractivity contribution in [2.75, 3.05) is 44.3 Å². The lowest BCUT2D eigenvalue weighted by atomic mass is 10.3. The highest BCUT2D eigenvalue weighted by molar-refractivity contribution is 6.31. The van der Waals surface area contributed by atoms with E-state index in [4.69, 9.17) is 32.7 Å². The Bertz CT molecular complexity index is 902. The van der Waals surface area contributed by atoms with Crippen molar-refractivity contribution in [3.63, 3.8) is 0 Å². The molecule has 3 rings (SSSR count). The van der Waals surface area contributed by atoms with E-state index in [9.17, 15) is 9.59 Å². The number of hydrogen-bond acceptors (Lipinski definition) is 8. The molecule has 162 valence electrons. The van der Waals surface area contributed by atoms with Crippen LogP contribution in [0.2, 0.25) is 10.0 Å². The number of aromatic nitrogens is 4. The van der Waals surface area contributed by atoms with Gasteiger partial charge in [-0.2, -0.15) is 5.10 Å². The second-order valence-corrected chi connectivity index (χ2v) is 7.50. The van der Waals surface area contributed by atoms with E-state index in [0.29, 0.717) is 37.1 Å². The Kier molecular flexibility index (Phi) is 7.83. The molecule has 1 fully saturated rings. The summed E-state index contributed by atoms with van der Waals surface area (Å²) >= 11 is 11.7. The van der Waals surface area contributed by atoms with Gasteiger partial charge in [-0.25, -0.2) is 15.1 Å². The highest BCUT2D eigenvalue weighted by atomic mass is 35.5. The van der Waals surface area contributed by atoms with Crippen molar-refractivity contribution < 1.29 is 14.3 Å². The molecule has 0 bridgehead atoms. The van der Waals surface area contributed by atoms with Crippen LogP contribution in [0.1, 0.15) is 13.3 Å². The van der Waals surface area contributed by atoms with Gasteiger partial charge in [0.1, 0.15) is 6.61 Å². The largest absolute Gasteiger partial charge is 0.487 e.